The molecule has 0 unspecified atom stereocenters. The molecule has 24 heavy (non-hydrogen) atoms. The Kier molecular flexibility index (Phi) is 4.83. The highest BCUT2D eigenvalue weighted by Gasteiger charge is 2.30. The lowest BCUT2D eigenvalue weighted by Gasteiger charge is -2.18. The van der Waals surface area contributed by atoms with E-state index in [1.807, 2.05) is 12.1 Å². The zero-order valence-electron chi connectivity index (χ0n) is 14.5. The van der Waals surface area contributed by atoms with Crippen LogP contribution >= 0.6 is 0 Å². The summed E-state index contributed by atoms with van der Waals surface area (Å²) in [5.74, 6) is 0.212. The summed E-state index contributed by atoms with van der Waals surface area (Å²) in [4.78, 5) is 13.1. The van der Waals surface area contributed by atoms with E-state index >= 15 is 0 Å². The summed E-state index contributed by atoms with van der Waals surface area (Å²) < 4.78 is 0. The van der Waals surface area contributed by atoms with Crippen molar-refractivity contribution in [2.24, 2.45) is 0 Å². The third kappa shape index (κ3) is 3.28. The molecule has 0 saturated heterocycles. The van der Waals surface area contributed by atoms with E-state index in [0.29, 0.717) is 19.0 Å². The Morgan fingerprint density at radius 3 is 2.25 bits per heavy atom. The van der Waals surface area contributed by atoms with Gasteiger partial charge in [0.1, 0.15) is 19.0 Å². The van der Waals surface area contributed by atoms with Crippen molar-refractivity contribution < 1.29 is 4.79 Å². The second-order valence-electron chi connectivity index (χ2n) is 6.55. The molecule has 0 bridgehead atoms. The van der Waals surface area contributed by atoms with Crippen molar-refractivity contribution in [1.82, 2.24) is 0 Å². The van der Waals surface area contributed by atoms with Crippen LogP contribution in [0.3, 0.4) is 0 Å². The van der Waals surface area contributed by atoms with E-state index in [-0.39, 0.29) is 5.78 Å². The molecule has 0 aromatic heterocycles. The third-order valence-electron chi connectivity index (χ3n) is 3.89. The Labute approximate surface area is 149 Å². The van der Waals surface area contributed by atoms with Crippen molar-refractivity contribution in [1.29, 1.82) is 0 Å². The molecule has 0 atom stereocenters. The predicted octanol–water partition coefficient (Wildman–Crippen LogP) is 4.52. The number of carbonyl (C=O) groups is 1. The molecule has 0 heterocycles. The van der Waals surface area contributed by atoms with Gasteiger partial charge in [0, 0.05) is 5.57 Å². The van der Waals surface area contributed by atoms with Crippen LogP contribution in [0.4, 0.5) is 0 Å². The van der Waals surface area contributed by atoms with Gasteiger partial charge in [0.05, 0.1) is 0 Å². The fraction of sp³-hybridized carbons (Fsp3) is 0.190. The third-order valence-corrected chi connectivity index (χ3v) is 7.08. The molecule has 1 nitrogen and oxygen atoms in total. The number of Topliss-reactive ketones (excluding diaryl/α,β-unsaturated/α-hetero) is 1. The van der Waals surface area contributed by atoms with Gasteiger partial charge in [0.2, 0.25) is 0 Å². The summed E-state index contributed by atoms with van der Waals surface area (Å²) >= 11 is 0. The average Bonchev–Trinajstić information content (AvgIpc) is 2.91. The summed E-state index contributed by atoms with van der Waals surface area (Å²) in [6, 6.07) is 8.28. The number of rotatable bonds is 4. The van der Waals surface area contributed by atoms with E-state index in [2.05, 4.69) is 63.4 Å². The van der Waals surface area contributed by atoms with Gasteiger partial charge in [-0.05, 0) is 55.7 Å². The first kappa shape index (κ1) is 16.9. The van der Waals surface area contributed by atoms with Gasteiger partial charge in [-0.15, -0.1) is 0 Å². The second-order valence-corrected chi connectivity index (χ2v) is 8.75. The van der Waals surface area contributed by atoms with E-state index in [1.165, 1.54) is 21.9 Å². The molecule has 0 aliphatic heterocycles. The first-order valence-electron chi connectivity index (χ1n) is 8.09. The average molecular weight is 345 g/mol. The lowest BCUT2D eigenvalue weighted by Crippen LogP contribution is -2.19. The zero-order chi connectivity index (χ0) is 17.3. The fourth-order valence-corrected chi connectivity index (χ4v) is 5.05. The van der Waals surface area contributed by atoms with E-state index in [9.17, 15) is 4.79 Å². The standard InChI is InChI=1S/C21H20OSi2/c1-13(2)11-23-19-10-17-16-8-6-5-7-15(16)9-18(17)20(22)21(19)24-12-14(3)4/h5-12H,1-4H3. The summed E-state index contributed by atoms with van der Waals surface area (Å²) in [5.41, 5.74) is 11.3. The highest BCUT2D eigenvalue weighted by atomic mass is 28.2. The molecule has 3 heteroatoms. The van der Waals surface area contributed by atoms with Gasteiger partial charge >= 0.3 is 0 Å². The number of fused-ring (bicyclic) bond motifs is 3. The molecular formula is C21H20OSi2. The molecule has 2 aliphatic rings. The molecule has 4 radical (unpaired) electrons. The van der Waals surface area contributed by atoms with Crippen molar-refractivity contribution in [3.63, 3.8) is 0 Å². The van der Waals surface area contributed by atoms with E-state index in [4.69, 9.17) is 0 Å². The van der Waals surface area contributed by atoms with Crippen LogP contribution in [-0.2, 0) is 4.79 Å². The molecule has 1 aromatic rings. The number of allylic oxidation sites excluding steroid dienone is 7. The maximum Gasteiger partial charge on any atom is 0.185 e. The molecule has 0 saturated carbocycles. The maximum atomic E-state index is 13.1. The van der Waals surface area contributed by atoms with E-state index in [1.54, 1.807) is 0 Å². The van der Waals surface area contributed by atoms with Crippen LogP contribution in [0.1, 0.15) is 38.8 Å². The van der Waals surface area contributed by atoms with Crippen molar-refractivity contribution in [2.75, 3.05) is 0 Å². The topological polar surface area (TPSA) is 17.1 Å². The van der Waals surface area contributed by atoms with Crippen molar-refractivity contribution in [2.45, 2.75) is 27.7 Å². The van der Waals surface area contributed by atoms with Crippen LogP contribution < -0.4 is 0 Å². The Balaban J connectivity index is 2.10. The van der Waals surface area contributed by atoms with Crippen LogP contribution in [0.5, 0.6) is 0 Å². The van der Waals surface area contributed by atoms with Gasteiger partial charge < -0.3 is 0 Å². The molecule has 2 aliphatic carbocycles. The lowest BCUT2D eigenvalue weighted by molar-refractivity contribution is -0.111. The number of ketones is 1. The molecule has 118 valence electrons. The Bertz CT molecular complexity index is 856. The van der Waals surface area contributed by atoms with Crippen molar-refractivity contribution in [3.05, 3.63) is 80.0 Å². The smallest absolute Gasteiger partial charge is 0.185 e. The van der Waals surface area contributed by atoms with Gasteiger partial charge in [0.15, 0.2) is 5.78 Å². The fourth-order valence-electron chi connectivity index (χ4n) is 2.76. The number of hydrogen-bond donors (Lipinski definition) is 0. The van der Waals surface area contributed by atoms with Gasteiger partial charge in [0.25, 0.3) is 0 Å². The van der Waals surface area contributed by atoms with Gasteiger partial charge in [-0.2, -0.15) is 0 Å². The summed E-state index contributed by atoms with van der Waals surface area (Å²) in [6.45, 7) is 8.40. The normalized spacial score (nSPS) is 15.4. The minimum atomic E-state index is 0.212. The molecule has 0 amide bonds. The summed E-state index contributed by atoms with van der Waals surface area (Å²) in [5, 5.41) is 2.18. The number of carbonyl (C=O) groups excluding carboxylic acids is 1. The summed E-state index contributed by atoms with van der Waals surface area (Å²) in [7, 11) is 0.985. The molecule has 3 rings (SSSR count). The lowest BCUT2D eigenvalue weighted by atomic mass is 9.96. The molecule has 1 aromatic carbocycles. The first-order chi connectivity index (χ1) is 11.5. The monoisotopic (exact) mass is 344 g/mol. The first-order valence-corrected chi connectivity index (χ1v) is 10.2. The zero-order valence-corrected chi connectivity index (χ0v) is 16.5. The van der Waals surface area contributed by atoms with E-state index in [0.717, 1.165) is 21.9 Å². The second kappa shape index (κ2) is 6.87. The van der Waals surface area contributed by atoms with Crippen LogP contribution in [0.2, 0.25) is 0 Å². The highest BCUT2D eigenvalue weighted by molar-refractivity contribution is 6.67. The molecule has 0 spiro atoms. The minimum absolute atomic E-state index is 0.212. The van der Waals surface area contributed by atoms with Crippen LogP contribution in [0.25, 0.3) is 11.6 Å². The Hall–Kier alpha value is -1.98. The molecular weight excluding hydrogens is 324 g/mol. The molecule has 0 fully saturated rings. The Morgan fingerprint density at radius 2 is 1.54 bits per heavy atom. The van der Waals surface area contributed by atoms with Crippen molar-refractivity contribution >= 4 is 36.5 Å². The van der Waals surface area contributed by atoms with Crippen LogP contribution in [-0.4, -0.2) is 24.8 Å². The molecule has 0 N–H and O–H groups in total. The number of benzene rings is 1. The predicted molar refractivity (Wildman–Crippen MR) is 105 cm³/mol. The maximum absolute atomic E-state index is 13.1. The quantitative estimate of drug-likeness (QED) is 0.734. The van der Waals surface area contributed by atoms with E-state index < -0.39 is 0 Å². The highest BCUT2D eigenvalue weighted by Crippen LogP contribution is 2.40. The largest absolute Gasteiger partial charge is 0.289 e. The Morgan fingerprint density at radius 1 is 0.875 bits per heavy atom. The van der Waals surface area contributed by atoms with Gasteiger partial charge in [-0.1, -0.05) is 58.1 Å². The van der Waals surface area contributed by atoms with Crippen LogP contribution in [0.15, 0.2) is 68.9 Å². The minimum Gasteiger partial charge on any atom is -0.289 e. The van der Waals surface area contributed by atoms with Gasteiger partial charge in [-0.3, -0.25) is 4.79 Å². The van der Waals surface area contributed by atoms with Gasteiger partial charge in [-0.25, -0.2) is 0 Å². The van der Waals surface area contributed by atoms with Crippen LogP contribution in [0, 0.1) is 0 Å². The summed E-state index contributed by atoms with van der Waals surface area (Å²) in [6.07, 6.45) is 4.30. The number of hydrogen-bond acceptors (Lipinski definition) is 1. The van der Waals surface area contributed by atoms with Crippen molar-refractivity contribution in [3.8, 4) is 0 Å². The SMILES string of the molecule is CC(C)=C[Si]C1=C([Si]C=C(C)C)C(=O)C2=Cc3ccccc3C2=C1.